The third-order valence-electron chi connectivity index (χ3n) is 7.06. The molecule has 0 aromatic carbocycles. The van der Waals surface area contributed by atoms with Crippen LogP contribution in [0.15, 0.2) is 48.0 Å². The Kier molecular flexibility index (Phi) is 5.52. The maximum atomic E-state index is 13.1. The van der Waals surface area contributed by atoms with Crippen molar-refractivity contribution >= 4 is 35.0 Å². The molecule has 2 aromatic rings. The lowest BCUT2D eigenvalue weighted by molar-refractivity contribution is -0.134. The molecule has 6 nitrogen and oxygen atoms in total. The lowest BCUT2D eigenvalue weighted by Crippen LogP contribution is -2.50. The number of thiophene rings is 1. The Morgan fingerprint density at radius 2 is 1.81 bits per heavy atom. The number of likely N-dealkylation sites (tertiary alicyclic amines) is 1. The lowest BCUT2D eigenvalue weighted by Gasteiger charge is -2.37. The molecule has 2 aromatic heterocycles. The third kappa shape index (κ3) is 4.24. The van der Waals surface area contributed by atoms with E-state index in [0.29, 0.717) is 5.91 Å². The van der Waals surface area contributed by atoms with E-state index in [1.165, 1.54) is 0 Å². The van der Waals surface area contributed by atoms with Crippen molar-refractivity contribution < 1.29 is 9.59 Å². The summed E-state index contributed by atoms with van der Waals surface area (Å²) in [4.78, 5) is 37.4. The zero-order chi connectivity index (χ0) is 21.3. The van der Waals surface area contributed by atoms with Gasteiger partial charge in [0.2, 0.25) is 11.8 Å². The number of piperazine rings is 1. The van der Waals surface area contributed by atoms with Gasteiger partial charge in [0.15, 0.2) is 0 Å². The van der Waals surface area contributed by atoms with Crippen LogP contribution in [0.4, 0.5) is 5.82 Å². The van der Waals surface area contributed by atoms with Crippen molar-refractivity contribution in [1.82, 2.24) is 14.8 Å². The number of rotatable bonds is 4. The minimum atomic E-state index is 0.0809. The van der Waals surface area contributed by atoms with Crippen molar-refractivity contribution in [2.24, 2.45) is 11.3 Å². The van der Waals surface area contributed by atoms with Gasteiger partial charge in [-0.2, -0.15) is 0 Å². The zero-order valence-electron chi connectivity index (χ0n) is 17.7. The highest BCUT2D eigenvalue weighted by molar-refractivity contribution is 7.10. The van der Waals surface area contributed by atoms with Crippen LogP contribution >= 0.6 is 11.3 Å². The predicted molar refractivity (Wildman–Crippen MR) is 123 cm³/mol. The van der Waals surface area contributed by atoms with E-state index < -0.39 is 0 Å². The van der Waals surface area contributed by atoms with Gasteiger partial charge in [-0.1, -0.05) is 12.1 Å². The topological polar surface area (TPSA) is 56.8 Å². The van der Waals surface area contributed by atoms with Crippen LogP contribution in [0.2, 0.25) is 0 Å². The predicted octanol–water partition coefficient (Wildman–Crippen LogP) is 3.13. The van der Waals surface area contributed by atoms with Gasteiger partial charge in [-0.15, -0.1) is 11.3 Å². The SMILES string of the molecule is O=C(C=Cc1cccs1)N1CCC2(CC1)CC2C(=O)N1CCN(c2ccccn2)CC1. The first-order valence-electron chi connectivity index (χ1n) is 11.1. The summed E-state index contributed by atoms with van der Waals surface area (Å²) < 4.78 is 0. The minimum Gasteiger partial charge on any atom is -0.353 e. The van der Waals surface area contributed by atoms with Gasteiger partial charge in [0.25, 0.3) is 0 Å². The van der Waals surface area contributed by atoms with Crippen LogP contribution in [0.25, 0.3) is 6.08 Å². The van der Waals surface area contributed by atoms with Crippen LogP contribution in [-0.4, -0.2) is 65.9 Å². The minimum absolute atomic E-state index is 0.0809. The average Bonchev–Trinajstić information content (AvgIpc) is 3.25. The number of piperidine rings is 1. The molecule has 1 atom stereocenters. The number of hydrogen-bond donors (Lipinski definition) is 0. The summed E-state index contributed by atoms with van der Waals surface area (Å²) in [5, 5.41) is 2.01. The Labute approximate surface area is 187 Å². The van der Waals surface area contributed by atoms with Gasteiger partial charge in [-0.05, 0) is 54.3 Å². The number of nitrogens with zero attached hydrogens (tertiary/aromatic N) is 4. The standard InChI is InChI=1S/C24H28N4O2S/c29-22(7-6-19-4-3-17-31-19)27-11-8-24(9-12-27)18-20(24)23(30)28-15-13-26(14-16-28)21-5-1-2-10-25-21/h1-7,10,17,20H,8-9,11-16,18H2. The highest BCUT2D eigenvalue weighted by atomic mass is 32.1. The average molecular weight is 437 g/mol. The molecule has 0 N–H and O–H groups in total. The summed E-state index contributed by atoms with van der Waals surface area (Å²) in [5.41, 5.74) is 0.128. The van der Waals surface area contributed by atoms with E-state index in [1.807, 2.05) is 57.8 Å². The van der Waals surface area contributed by atoms with Gasteiger partial charge in [-0.3, -0.25) is 9.59 Å². The van der Waals surface area contributed by atoms with Crippen molar-refractivity contribution in [3.63, 3.8) is 0 Å². The highest BCUT2D eigenvalue weighted by Gasteiger charge is 2.59. The fourth-order valence-corrected chi connectivity index (χ4v) is 5.60. The summed E-state index contributed by atoms with van der Waals surface area (Å²) in [6.45, 7) is 4.71. The molecular formula is C24H28N4O2S. The van der Waals surface area contributed by atoms with Crippen LogP contribution in [-0.2, 0) is 9.59 Å². The molecule has 4 heterocycles. The van der Waals surface area contributed by atoms with Gasteiger partial charge in [0, 0.05) is 62.3 Å². The molecule has 1 saturated carbocycles. The third-order valence-corrected chi connectivity index (χ3v) is 7.89. The second kappa shape index (κ2) is 8.46. The van der Waals surface area contributed by atoms with Crippen molar-refractivity contribution in [2.75, 3.05) is 44.2 Å². The quantitative estimate of drug-likeness (QED) is 0.691. The van der Waals surface area contributed by atoms with Gasteiger partial charge in [0.1, 0.15) is 5.82 Å². The summed E-state index contributed by atoms with van der Waals surface area (Å²) in [6.07, 6.45) is 8.26. The molecule has 2 saturated heterocycles. The van der Waals surface area contributed by atoms with Gasteiger partial charge in [0.05, 0.1) is 0 Å². The van der Waals surface area contributed by atoms with Crippen LogP contribution < -0.4 is 4.90 Å². The van der Waals surface area contributed by atoms with Gasteiger partial charge in [-0.25, -0.2) is 4.98 Å². The smallest absolute Gasteiger partial charge is 0.246 e. The van der Waals surface area contributed by atoms with E-state index in [0.717, 1.165) is 69.2 Å². The molecule has 0 bridgehead atoms. The molecule has 1 aliphatic carbocycles. The number of carbonyl (C=O) groups is 2. The van der Waals surface area contributed by atoms with Crippen LogP contribution in [0.1, 0.15) is 24.1 Å². The van der Waals surface area contributed by atoms with Gasteiger partial charge < -0.3 is 14.7 Å². The summed E-state index contributed by atoms with van der Waals surface area (Å²) in [7, 11) is 0. The first kappa shape index (κ1) is 20.2. The van der Waals surface area contributed by atoms with Crippen molar-refractivity contribution in [3.05, 3.63) is 52.9 Å². The van der Waals surface area contributed by atoms with E-state index in [4.69, 9.17) is 0 Å². The second-order valence-corrected chi connectivity index (χ2v) is 9.77. The van der Waals surface area contributed by atoms with E-state index >= 15 is 0 Å². The first-order valence-corrected chi connectivity index (χ1v) is 12.0. The van der Waals surface area contributed by atoms with Crippen LogP contribution in [0, 0.1) is 11.3 Å². The maximum absolute atomic E-state index is 13.1. The van der Waals surface area contributed by atoms with E-state index in [1.54, 1.807) is 17.4 Å². The number of carbonyl (C=O) groups excluding carboxylic acids is 2. The summed E-state index contributed by atoms with van der Waals surface area (Å²) in [6, 6.07) is 9.95. The number of hydrogen-bond acceptors (Lipinski definition) is 5. The Balaban J connectivity index is 1.10. The molecule has 31 heavy (non-hydrogen) atoms. The molecule has 0 radical (unpaired) electrons. The molecule has 162 valence electrons. The van der Waals surface area contributed by atoms with E-state index in [9.17, 15) is 9.59 Å². The first-order chi connectivity index (χ1) is 15.1. The van der Waals surface area contributed by atoms with Crippen molar-refractivity contribution in [2.45, 2.75) is 19.3 Å². The summed E-state index contributed by atoms with van der Waals surface area (Å²) in [5.74, 6) is 1.53. The lowest BCUT2D eigenvalue weighted by atomic mass is 9.90. The largest absolute Gasteiger partial charge is 0.353 e. The van der Waals surface area contributed by atoms with Crippen LogP contribution in [0.5, 0.6) is 0 Å². The van der Waals surface area contributed by atoms with Gasteiger partial charge >= 0.3 is 0 Å². The Morgan fingerprint density at radius 3 is 2.48 bits per heavy atom. The summed E-state index contributed by atoms with van der Waals surface area (Å²) >= 11 is 1.63. The molecule has 2 amide bonds. The zero-order valence-corrected chi connectivity index (χ0v) is 18.5. The molecule has 7 heteroatoms. The molecule has 1 spiro atoms. The maximum Gasteiger partial charge on any atom is 0.246 e. The monoisotopic (exact) mass is 436 g/mol. The fourth-order valence-electron chi connectivity index (χ4n) is 4.98. The molecule has 3 fully saturated rings. The number of pyridine rings is 1. The Hall–Kier alpha value is -2.67. The molecule has 5 rings (SSSR count). The fraction of sp³-hybridized carbons (Fsp3) is 0.458. The molecule has 2 aliphatic heterocycles. The Morgan fingerprint density at radius 1 is 1.00 bits per heavy atom. The number of amides is 2. The molecular weight excluding hydrogens is 408 g/mol. The second-order valence-electron chi connectivity index (χ2n) is 8.79. The normalized spacial score (nSPS) is 22.8. The van der Waals surface area contributed by atoms with Crippen molar-refractivity contribution in [1.29, 1.82) is 0 Å². The van der Waals surface area contributed by atoms with E-state index in [2.05, 4.69) is 9.88 Å². The highest BCUT2D eigenvalue weighted by Crippen LogP contribution is 2.60. The van der Waals surface area contributed by atoms with Crippen LogP contribution in [0.3, 0.4) is 0 Å². The van der Waals surface area contributed by atoms with Crippen molar-refractivity contribution in [3.8, 4) is 0 Å². The molecule has 3 aliphatic rings. The van der Waals surface area contributed by atoms with E-state index in [-0.39, 0.29) is 17.2 Å². The Bertz CT molecular complexity index is 943. The molecule has 1 unspecified atom stereocenters. The number of anilines is 1. The number of aromatic nitrogens is 1.